The fraction of sp³-hybridized carbons (Fsp3) is 0.500. The number of aromatic nitrogens is 1. The minimum Gasteiger partial charge on any atom is -0.404 e. The summed E-state index contributed by atoms with van der Waals surface area (Å²) in [6, 6.07) is 4.38. The van der Waals surface area contributed by atoms with Gasteiger partial charge in [0.15, 0.2) is 5.75 Å². The summed E-state index contributed by atoms with van der Waals surface area (Å²) in [5.41, 5.74) is 0.646. The monoisotopic (exact) mass is 370 g/mol. The van der Waals surface area contributed by atoms with E-state index in [-0.39, 0.29) is 17.2 Å². The highest BCUT2D eigenvalue weighted by Crippen LogP contribution is 2.34. The van der Waals surface area contributed by atoms with Gasteiger partial charge in [-0.15, -0.1) is 13.2 Å². The van der Waals surface area contributed by atoms with E-state index in [9.17, 15) is 18.0 Å². The van der Waals surface area contributed by atoms with Gasteiger partial charge in [-0.25, -0.2) is 0 Å². The van der Waals surface area contributed by atoms with Crippen molar-refractivity contribution in [3.63, 3.8) is 0 Å². The zero-order chi connectivity index (χ0) is 18.7. The van der Waals surface area contributed by atoms with E-state index in [2.05, 4.69) is 4.74 Å². The Balaban J connectivity index is 2.06. The summed E-state index contributed by atoms with van der Waals surface area (Å²) in [5, 5.41) is 0.457. The molecule has 1 amide bonds. The van der Waals surface area contributed by atoms with Crippen LogP contribution in [0.4, 0.5) is 13.2 Å². The van der Waals surface area contributed by atoms with Crippen LogP contribution in [0.2, 0.25) is 0 Å². The summed E-state index contributed by atoms with van der Waals surface area (Å²) in [7, 11) is 1.51. The van der Waals surface area contributed by atoms with E-state index in [1.807, 2.05) is 0 Å². The molecule has 26 heavy (non-hydrogen) atoms. The summed E-state index contributed by atoms with van der Waals surface area (Å²) in [6.45, 7) is 1.96. The number of halogens is 3. The topological polar surface area (TPSA) is 43.7 Å². The number of hydrogen-bond donors (Lipinski definition) is 0. The number of benzene rings is 1. The average molecular weight is 370 g/mol. The maximum absolute atomic E-state index is 12.9. The number of nitrogens with zero attached hydrogens (tertiary/aromatic N) is 2. The molecule has 0 atom stereocenters. The predicted molar refractivity (Wildman–Crippen MR) is 90.3 cm³/mol. The Kier molecular flexibility index (Phi) is 5.41. The Morgan fingerprint density at radius 3 is 2.58 bits per heavy atom. The fourth-order valence-electron chi connectivity index (χ4n) is 3.34. The molecule has 0 radical (unpaired) electrons. The van der Waals surface area contributed by atoms with Crippen molar-refractivity contribution in [2.45, 2.75) is 32.2 Å². The second-order valence-corrected chi connectivity index (χ2v) is 6.28. The normalized spacial score (nSPS) is 15.5. The van der Waals surface area contributed by atoms with Gasteiger partial charge in [-0.2, -0.15) is 0 Å². The van der Waals surface area contributed by atoms with Crippen LogP contribution in [0.25, 0.3) is 10.9 Å². The van der Waals surface area contributed by atoms with Gasteiger partial charge in [-0.05, 0) is 25.3 Å². The molecule has 0 aliphatic carbocycles. The lowest BCUT2D eigenvalue weighted by molar-refractivity contribution is -0.274. The van der Waals surface area contributed by atoms with Crippen LogP contribution in [0.15, 0.2) is 24.4 Å². The summed E-state index contributed by atoms with van der Waals surface area (Å²) in [5.74, 6) is -0.473. The zero-order valence-electron chi connectivity index (χ0n) is 14.5. The van der Waals surface area contributed by atoms with E-state index in [0.717, 1.165) is 19.3 Å². The number of methoxy groups -OCH3 is 1. The van der Waals surface area contributed by atoms with Crippen LogP contribution in [-0.2, 0) is 11.3 Å². The van der Waals surface area contributed by atoms with Crippen molar-refractivity contribution in [2.24, 2.45) is 0 Å². The first-order chi connectivity index (χ1) is 12.4. The highest BCUT2D eigenvalue weighted by atomic mass is 19.4. The highest BCUT2D eigenvalue weighted by molar-refractivity contribution is 6.08. The van der Waals surface area contributed by atoms with Gasteiger partial charge in [-0.1, -0.05) is 12.1 Å². The Hall–Kier alpha value is -2.22. The number of rotatable bonds is 5. The number of fused-ring (bicyclic) bond motifs is 1. The van der Waals surface area contributed by atoms with E-state index in [1.54, 1.807) is 21.7 Å². The third kappa shape index (κ3) is 3.95. The number of amides is 1. The summed E-state index contributed by atoms with van der Waals surface area (Å²) in [4.78, 5) is 14.7. The molecule has 0 saturated carbocycles. The second kappa shape index (κ2) is 7.57. The third-order valence-electron chi connectivity index (χ3n) is 4.50. The van der Waals surface area contributed by atoms with Gasteiger partial charge in [0.25, 0.3) is 5.91 Å². The molecule has 1 aromatic heterocycles. The lowest BCUT2D eigenvalue weighted by Gasteiger charge is -2.26. The molecule has 1 fully saturated rings. The lowest BCUT2D eigenvalue weighted by atomic mass is 10.1. The quantitative estimate of drug-likeness (QED) is 0.804. The van der Waals surface area contributed by atoms with Gasteiger partial charge >= 0.3 is 6.36 Å². The molecule has 5 nitrogen and oxygen atoms in total. The number of ether oxygens (including phenoxy) is 2. The van der Waals surface area contributed by atoms with Gasteiger partial charge in [0.2, 0.25) is 0 Å². The molecular formula is C18H21F3N2O3. The molecule has 1 aliphatic heterocycles. The second-order valence-electron chi connectivity index (χ2n) is 6.28. The van der Waals surface area contributed by atoms with Crippen molar-refractivity contribution in [1.29, 1.82) is 0 Å². The van der Waals surface area contributed by atoms with Gasteiger partial charge in [0.05, 0.1) is 17.7 Å². The molecule has 0 bridgehead atoms. The maximum Gasteiger partial charge on any atom is 0.573 e. The molecule has 1 aromatic carbocycles. The number of likely N-dealkylation sites (tertiary alicyclic amines) is 1. The van der Waals surface area contributed by atoms with Crippen molar-refractivity contribution in [3.05, 3.63) is 30.0 Å². The molecule has 0 unspecified atom stereocenters. The molecule has 1 aliphatic rings. The van der Waals surface area contributed by atoms with Crippen LogP contribution < -0.4 is 4.74 Å². The van der Waals surface area contributed by atoms with E-state index in [1.165, 1.54) is 19.2 Å². The standard InChI is InChI=1S/C18H21F3N2O3/c1-25-11-10-23-12-14(17(24)22-8-3-2-4-9-22)13-6-5-7-15(16(13)23)26-18(19,20)21/h5-7,12H,2-4,8-11H2,1H3. The lowest BCUT2D eigenvalue weighted by Crippen LogP contribution is -2.35. The minimum atomic E-state index is -4.80. The molecular weight excluding hydrogens is 349 g/mol. The first kappa shape index (κ1) is 18.6. The number of para-hydroxylation sites is 1. The Labute approximate surface area is 149 Å². The van der Waals surface area contributed by atoms with Gasteiger partial charge in [-0.3, -0.25) is 4.79 Å². The molecule has 8 heteroatoms. The van der Waals surface area contributed by atoms with Crippen molar-refractivity contribution < 1.29 is 27.4 Å². The van der Waals surface area contributed by atoms with Gasteiger partial charge in [0, 0.05) is 38.3 Å². The SMILES string of the molecule is COCCn1cc(C(=O)N2CCCCC2)c2cccc(OC(F)(F)F)c21. The van der Waals surface area contributed by atoms with Crippen LogP contribution in [0.5, 0.6) is 5.75 Å². The Morgan fingerprint density at radius 2 is 1.92 bits per heavy atom. The van der Waals surface area contributed by atoms with Crippen LogP contribution in [0.3, 0.4) is 0 Å². The fourth-order valence-corrected chi connectivity index (χ4v) is 3.34. The number of carbonyl (C=O) groups is 1. The summed E-state index contributed by atoms with van der Waals surface area (Å²) in [6.07, 6.45) is -0.235. The number of piperidine rings is 1. The Bertz CT molecular complexity index is 780. The van der Waals surface area contributed by atoms with Gasteiger partial charge in [0.1, 0.15) is 0 Å². The van der Waals surface area contributed by atoms with Crippen molar-refractivity contribution in [2.75, 3.05) is 26.8 Å². The molecule has 2 heterocycles. The predicted octanol–water partition coefficient (Wildman–Crippen LogP) is 3.81. The molecule has 3 rings (SSSR count). The van der Waals surface area contributed by atoms with Crippen LogP contribution in [-0.4, -0.2) is 48.5 Å². The maximum atomic E-state index is 12.9. The van der Waals surface area contributed by atoms with E-state index < -0.39 is 6.36 Å². The largest absolute Gasteiger partial charge is 0.573 e. The molecule has 1 saturated heterocycles. The van der Waals surface area contributed by atoms with Crippen LogP contribution >= 0.6 is 0 Å². The van der Waals surface area contributed by atoms with Crippen molar-refractivity contribution >= 4 is 16.8 Å². The van der Waals surface area contributed by atoms with Crippen LogP contribution in [0.1, 0.15) is 29.6 Å². The molecule has 142 valence electrons. The smallest absolute Gasteiger partial charge is 0.404 e. The van der Waals surface area contributed by atoms with Crippen molar-refractivity contribution in [1.82, 2.24) is 9.47 Å². The number of hydrogen-bond acceptors (Lipinski definition) is 3. The molecule has 0 spiro atoms. The molecule has 0 N–H and O–H groups in total. The zero-order valence-corrected chi connectivity index (χ0v) is 14.5. The first-order valence-electron chi connectivity index (χ1n) is 8.56. The first-order valence-corrected chi connectivity index (χ1v) is 8.56. The van der Waals surface area contributed by atoms with Gasteiger partial charge < -0.3 is 18.9 Å². The van der Waals surface area contributed by atoms with E-state index >= 15 is 0 Å². The average Bonchev–Trinajstić information content (AvgIpc) is 2.98. The summed E-state index contributed by atoms with van der Waals surface area (Å²) < 4.78 is 49.2. The highest BCUT2D eigenvalue weighted by Gasteiger charge is 2.33. The minimum absolute atomic E-state index is 0.157. The van der Waals surface area contributed by atoms with Crippen molar-refractivity contribution in [3.8, 4) is 5.75 Å². The Morgan fingerprint density at radius 1 is 1.19 bits per heavy atom. The van der Waals surface area contributed by atoms with E-state index in [4.69, 9.17) is 4.74 Å². The molecule has 2 aromatic rings. The number of alkyl halides is 3. The van der Waals surface area contributed by atoms with E-state index in [0.29, 0.717) is 37.2 Å². The van der Waals surface area contributed by atoms with Crippen LogP contribution in [0, 0.1) is 0 Å². The summed E-state index contributed by atoms with van der Waals surface area (Å²) >= 11 is 0. The number of carbonyl (C=O) groups excluding carboxylic acids is 1. The third-order valence-corrected chi connectivity index (χ3v) is 4.50.